The first-order valence-electron chi connectivity index (χ1n) is 6.01. The Morgan fingerprint density at radius 3 is 2.19 bits per heavy atom. The van der Waals surface area contributed by atoms with E-state index in [1.54, 1.807) is 0 Å². The highest BCUT2D eigenvalue weighted by molar-refractivity contribution is 7.80. The summed E-state index contributed by atoms with van der Waals surface area (Å²) >= 11 is 0. The van der Waals surface area contributed by atoms with E-state index in [0.717, 1.165) is 6.92 Å². The van der Waals surface area contributed by atoms with Crippen molar-refractivity contribution in [2.45, 2.75) is 37.9 Å². The van der Waals surface area contributed by atoms with Crippen molar-refractivity contribution in [3.8, 4) is 0 Å². The molecule has 0 saturated carbocycles. The van der Waals surface area contributed by atoms with Gasteiger partial charge in [0, 0.05) is 5.92 Å². The van der Waals surface area contributed by atoms with Gasteiger partial charge in [-0.15, -0.1) is 0 Å². The molecule has 0 heterocycles. The average molecular weight is 334 g/mol. The summed E-state index contributed by atoms with van der Waals surface area (Å²) in [5, 5.41) is 46.9. The molecule has 0 rings (SSSR count). The van der Waals surface area contributed by atoms with Gasteiger partial charge in [-0.1, -0.05) is 6.92 Å². The van der Waals surface area contributed by atoms with Crippen molar-refractivity contribution in [1.29, 1.82) is 0 Å². The molecule has 0 aromatic heterocycles. The van der Waals surface area contributed by atoms with Crippen molar-refractivity contribution in [2.75, 3.05) is 19.8 Å². The summed E-state index contributed by atoms with van der Waals surface area (Å²) in [7, 11) is -4.77. The van der Waals surface area contributed by atoms with Crippen molar-refractivity contribution in [2.24, 2.45) is 5.92 Å². The van der Waals surface area contributed by atoms with Crippen LogP contribution < -0.4 is 0 Å². The number of ether oxygens (including phenoxy) is 1. The Labute approximate surface area is 122 Å². The lowest BCUT2D eigenvalue weighted by atomic mass is 10.0. The van der Waals surface area contributed by atoms with Crippen LogP contribution in [-0.2, 0) is 19.3 Å². The quantitative estimate of drug-likeness (QED) is 0.181. The molecule has 0 aromatic carbocycles. The second-order valence-corrected chi connectivity index (χ2v) is 5.99. The number of hydrogen-bond donors (Lipinski definition) is 6. The molecule has 11 heteroatoms. The monoisotopic (exact) mass is 334 g/mol. The van der Waals surface area contributed by atoms with E-state index < -0.39 is 60.2 Å². The van der Waals surface area contributed by atoms with E-state index in [1.807, 2.05) is 0 Å². The van der Waals surface area contributed by atoms with Crippen LogP contribution in [0.15, 0.2) is 0 Å². The van der Waals surface area contributed by atoms with Crippen LogP contribution in [0.3, 0.4) is 0 Å². The fourth-order valence-electron chi connectivity index (χ4n) is 1.17. The molecule has 128 valence electrons. The van der Waals surface area contributed by atoms with Gasteiger partial charge in [0.05, 0.1) is 25.9 Å². The van der Waals surface area contributed by atoms with Crippen molar-refractivity contribution < 1.29 is 47.4 Å². The molecule has 5 unspecified atom stereocenters. The molecule has 0 aliphatic rings. The van der Waals surface area contributed by atoms with E-state index in [-0.39, 0.29) is 0 Å². The third-order valence-electron chi connectivity index (χ3n) is 2.89. The average Bonchev–Trinajstić information content (AvgIpc) is 2.39. The summed E-state index contributed by atoms with van der Waals surface area (Å²) in [4.78, 5) is 0. The highest BCUT2D eigenvalue weighted by Gasteiger charge is 2.34. The van der Waals surface area contributed by atoms with Gasteiger partial charge >= 0.3 is 10.4 Å². The second kappa shape index (κ2) is 8.31. The molecule has 0 aromatic rings. The zero-order valence-corrected chi connectivity index (χ0v) is 12.5. The molecule has 0 bridgehead atoms. The van der Waals surface area contributed by atoms with E-state index in [4.69, 9.17) is 14.4 Å². The Kier molecular flexibility index (Phi) is 8.17. The first-order valence-corrected chi connectivity index (χ1v) is 7.38. The lowest BCUT2D eigenvalue weighted by molar-refractivity contribution is -0.193. The molecule has 0 spiro atoms. The highest BCUT2D eigenvalue weighted by atomic mass is 32.3. The fourth-order valence-corrected chi connectivity index (χ4v) is 1.55. The molecule has 0 fully saturated rings. The number of rotatable bonds is 10. The van der Waals surface area contributed by atoms with Crippen molar-refractivity contribution in [3.63, 3.8) is 0 Å². The van der Waals surface area contributed by atoms with Gasteiger partial charge in [0.15, 0.2) is 6.29 Å². The topological polar surface area (TPSA) is 174 Å². The Hall–Kier alpha value is -0.370. The standard InChI is InChI=1S/C10H22O10S/c1-6(7(12)3-11)9(14)19-4-8(13)10(2,15)5-20-21(16,17)18/h6-9,11-15H,3-5H2,1-2H3,(H,16,17,18). The zero-order chi connectivity index (χ0) is 16.8. The first-order chi connectivity index (χ1) is 9.40. The molecule has 6 N–H and O–H groups in total. The molecule has 5 atom stereocenters. The third-order valence-corrected chi connectivity index (χ3v) is 3.30. The van der Waals surface area contributed by atoms with Gasteiger partial charge in [-0.3, -0.25) is 4.55 Å². The number of aliphatic hydroxyl groups is 5. The van der Waals surface area contributed by atoms with E-state index in [0.29, 0.717) is 0 Å². The van der Waals surface area contributed by atoms with Crippen LogP contribution in [0.1, 0.15) is 13.8 Å². The van der Waals surface area contributed by atoms with Crippen molar-refractivity contribution in [1.82, 2.24) is 0 Å². The first kappa shape index (κ1) is 20.6. The minimum absolute atomic E-state index is 0.593. The summed E-state index contributed by atoms with van der Waals surface area (Å²) in [6.45, 7) is 0.291. The summed E-state index contributed by atoms with van der Waals surface area (Å²) in [5.74, 6) is -0.860. The minimum atomic E-state index is -4.77. The molecule has 21 heavy (non-hydrogen) atoms. The predicted octanol–water partition coefficient (Wildman–Crippen LogP) is -2.76. The van der Waals surface area contributed by atoms with Gasteiger partial charge in [-0.2, -0.15) is 8.42 Å². The van der Waals surface area contributed by atoms with E-state index in [1.165, 1.54) is 6.92 Å². The van der Waals surface area contributed by atoms with Gasteiger partial charge in [0.25, 0.3) is 0 Å². The Morgan fingerprint density at radius 1 is 1.24 bits per heavy atom. The lowest BCUT2D eigenvalue weighted by Crippen LogP contribution is -2.47. The normalized spacial score (nSPS) is 21.3. The molecular weight excluding hydrogens is 312 g/mol. The molecular formula is C10H22O10S. The fraction of sp³-hybridized carbons (Fsp3) is 1.00. The second-order valence-electron chi connectivity index (χ2n) is 4.90. The van der Waals surface area contributed by atoms with E-state index >= 15 is 0 Å². The molecule has 10 nitrogen and oxygen atoms in total. The molecule has 0 aliphatic carbocycles. The van der Waals surface area contributed by atoms with E-state index in [9.17, 15) is 28.8 Å². The predicted molar refractivity (Wildman–Crippen MR) is 68.3 cm³/mol. The van der Waals surface area contributed by atoms with Gasteiger partial charge in [-0.25, -0.2) is 4.18 Å². The van der Waals surface area contributed by atoms with Gasteiger partial charge in [0.1, 0.15) is 11.7 Å². The maximum Gasteiger partial charge on any atom is 0.397 e. The number of hydrogen-bond acceptors (Lipinski definition) is 9. The SMILES string of the molecule is CC(C(O)CO)C(O)OCC(O)C(C)(O)COS(=O)(=O)O. The summed E-state index contributed by atoms with van der Waals surface area (Å²) in [6.07, 6.45) is -4.41. The molecule has 0 saturated heterocycles. The van der Waals surface area contributed by atoms with Crippen LogP contribution >= 0.6 is 0 Å². The molecule has 0 radical (unpaired) electrons. The molecule has 0 amide bonds. The maximum absolute atomic E-state index is 10.4. The van der Waals surface area contributed by atoms with Crippen LogP contribution in [0.4, 0.5) is 0 Å². The maximum atomic E-state index is 10.4. The van der Waals surface area contributed by atoms with Gasteiger partial charge in [-0.05, 0) is 6.92 Å². The van der Waals surface area contributed by atoms with Crippen LogP contribution in [0.5, 0.6) is 0 Å². The Balaban J connectivity index is 4.37. The van der Waals surface area contributed by atoms with Crippen molar-refractivity contribution >= 4 is 10.4 Å². The minimum Gasteiger partial charge on any atom is -0.394 e. The van der Waals surface area contributed by atoms with Crippen LogP contribution in [-0.4, -0.2) is 82.4 Å². The zero-order valence-electron chi connectivity index (χ0n) is 11.7. The van der Waals surface area contributed by atoms with Crippen LogP contribution in [0.2, 0.25) is 0 Å². The summed E-state index contributed by atoms with van der Waals surface area (Å²) < 4.78 is 37.9. The third kappa shape index (κ3) is 7.99. The Morgan fingerprint density at radius 2 is 1.76 bits per heavy atom. The van der Waals surface area contributed by atoms with Crippen molar-refractivity contribution in [3.05, 3.63) is 0 Å². The Bertz CT molecular complexity index is 395. The highest BCUT2D eigenvalue weighted by Crippen LogP contribution is 2.15. The smallest absolute Gasteiger partial charge is 0.394 e. The summed E-state index contributed by atoms with van der Waals surface area (Å²) in [6, 6.07) is 0. The summed E-state index contributed by atoms with van der Waals surface area (Å²) in [5.41, 5.74) is -2.08. The number of aliphatic hydroxyl groups excluding tert-OH is 4. The van der Waals surface area contributed by atoms with Gasteiger partial charge in [0.2, 0.25) is 0 Å². The van der Waals surface area contributed by atoms with Crippen LogP contribution in [0, 0.1) is 5.92 Å². The lowest BCUT2D eigenvalue weighted by Gasteiger charge is -2.30. The van der Waals surface area contributed by atoms with E-state index in [2.05, 4.69) is 4.18 Å². The van der Waals surface area contributed by atoms with Gasteiger partial charge < -0.3 is 30.3 Å². The molecule has 0 aliphatic heterocycles. The largest absolute Gasteiger partial charge is 0.397 e. The van der Waals surface area contributed by atoms with Crippen LogP contribution in [0.25, 0.3) is 0 Å².